The van der Waals surface area contributed by atoms with Crippen molar-refractivity contribution in [3.8, 4) is 0 Å². The van der Waals surface area contributed by atoms with Crippen molar-refractivity contribution in [1.29, 1.82) is 0 Å². The highest BCUT2D eigenvalue weighted by atomic mass is 35.5. The van der Waals surface area contributed by atoms with E-state index in [2.05, 4.69) is 5.32 Å². The minimum atomic E-state index is -0.279. The molecular weight excluding hydrogens is 318 g/mol. The summed E-state index contributed by atoms with van der Waals surface area (Å²) in [6.45, 7) is 4.66. The second-order valence-electron chi connectivity index (χ2n) is 5.41. The molecule has 2 aliphatic heterocycles. The normalized spacial score (nSPS) is 18.9. The predicted octanol–water partition coefficient (Wildman–Crippen LogP) is 2.41. The molecule has 7 heteroatoms. The highest BCUT2D eigenvalue weighted by molar-refractivity contribution is 6.34. The van der Waals surface area contributed by atoms with Gasteiger partial charge in [-0.25, -0.2) is 4.79 Å². The van der Waals surface area contributed by atoms with Crippen LogP contribution in [0.5, 0.6) is 0 Å². The zero-order chi connectivity index (χ0) is 16.4. The molecule has 122 valence electrons. The maximum Gasteiger partial charge on any atom is 0.409 e. The van der Waals surface area contributed by atoms with Crippen molar-refractivity contribution < 1.29 is 14.3 Å². The molecule has 1 fully saturated rings. The topological polar surface area (TPSA) is 61.9 Å². The van der Waals surface area contributed by atoms with E-state index in [0.29, 0.717) is 43.4 Å². The molecule has 3 rings (SSSR count). The number of rotatable bonds is 2. The Bertz CT molecular complexity index is 667. The van der Waals surface area contributed by atoms with Gasteiger partial charge in [0.25, 0.3) is 5.91 Å². The number of fused-ring (bicyclic) bond motifs is 1. The number of anilines is 1. The van der Waals surface area contributed by atoms with Crippen LogP contribution in [0.4, 0.5) is 10.5 Å². The Morgan fingerprint density at radius 2 is 2.09 bits per heavy atom. The monoisotopic (exact) mass is 335 g/mol. The Morgan fingerprint density at radius 3 is 2.78 bits per heavy atom. The largest absolute Gasteiger partial charge is 0.450 e. The lowest BCUT2D eigenvalue weighted by Gasteiger charge is -2.33. The standard InChI is InChI=1S/C16H18ClN3O3/c1-2-23-16(22)20-7-5-19(6-8-20)10-13-12-4-3-11(17)9-14(12)18-15(13)21/h3-4,9-10H,2,5-8H2,1H3,(H,18,21)/b13-10+. The molecule has 0 spiro atoms. The van der Waals surface area contributed by atoms with Crippen LogP contribution in [0.15, 0.2) is 24.4 Å². The summed E-state index contributed by atoms with van der Waals surface area (Å²) in [5.74, 6) is -0.130. The minimum absolute atomic E-state index is 0.130. The smallest absolute Gasteiger partial charge is 0.409 e. The van der Waals surface area contributed by atoms with E-state index < -0.39 is 0 Å². The first-order chi connectivity index (χ1) is 11.1. The Kier molecular flexibility index (Phi) is 4.43. The second kappa shape index (κ2) is 6.50. The molecule has 0 bridgehead atoms. The van der Waals surface area contributed by atoms with Gasteiger partial charge in [-0.2, -0.15) is 0 Å². The van der Waals surface area contributed by atoms with Crippen LogP contribution in [0.2, 0.25) is 5.02 Å². The van der Waals surface area contributed by atoms with E-state index in [0.717, 1.165) is 11.3 Å². The number of hydrogen-bond donors (Lipinski definition) is 1. The van der Waals surface area contributed by atoms with Crippen LogP contribution < -0.4 is 5.32 Å². The minimum Gasteiger partial charge on any atom is -0.450 e. The molecule has 0 unspecified atom stereocenters. The van der Waals surface area contributed by atoms with Gasteiger partial charge in [-0.3, -0.25) is 4.79 Å². The molecule has 0 aromatic heterocycles. The lowest BCUT2D eigenvalue weighted by molar-refractivity contribution is -0.110. The van der Waals surface area contributed by atoms with E-state index in [1.54, 1.807) is 24.0 Å². The molecule has 23 heavy (non-hydrogen) atoms. The molecule has 6 nitrogen and oxygen atoms in total. The van der Waals surface area contributed by atoms with Crippen molar-refractivity contribution in [1.82, 2.24) is 9.80 Å². The van der Waals surface area contributed by atoms with Crippen LogP contribution in [-0.2, 0) is 9.53 Å². The number of ether oxygens (including phenoxy) is 1. The highest BCUT2D eigenvalue weighted by Gasteiger charge is 2.26. The number of nitrogens with one attached hydrogen (secondary N) is 1. The number of halogens is 1. The third-order valence-electron chi connectivity index (χ3n) is 3.92. The first-order valence-corrected chi connectivity index (χ1v) is 7.95. The quantitative estimate of drug-likeness (QED) is 0.843. The fourth-order valence-corrected chi connectivity index (χ4v) is 2.90. The lowest BCUT2D eigenvalue weighted by Crippen LogP contribution is -2.47. The highest BCUT2D eigenvalue weighted by Crippen LogP contribution is 2.34. The number of amides is 2. The molecule has 1 aromatic rings. The van der Waals surface area contributed by atoms with Crippen molar-refractivity contribution >= 4 is 34.9 Å². The Hall–Kier alpha value is -2.21. The Balaban J connectivity index is 1.70. The number of nitrogens with zero attached hydrogens (tertiary/aromatic N) is 2. The summed E-state index contributed by atoms with van der Waals surface area (Å²) in [5.41, 5.74) is 2.22. The zero-order valence-electron chi connectivity index (χ0n) is 12.8. The lowest BCUT2D eigenvalue weighted by atomic mass is 10.1. The molecule has 1 saturated heterocycles. The number of carbonyl (C=O) groups excluding carboxylic acids is 2. The van der Waals surface area contributed by atoms with E-state index in [1.165, 1.54) is 0 Å². The van der Waals surface area contributed by atoms with Crippen molar-refractivity contribution in [3.05, 3.63) is 35.0 Å². The maximum atomic E-state index is 12.1. The first kappa shape index (κ1) is 15.7. The van der Waals surface area contributed by atoms with Gasteiger partial charge in [0, 0.05) is 43.0 Å². The molecule has 2 amide bonds. The van der Waals surface area contributed by atoms with E-state index in [-0.39, 0.29) is 12.0 Å². The van der Waals surface area contributed by atoms with E-state index >= 15 is 0 Å². The number of benzene rings is 1. The van der Waals surface area contributed by atoms with Crippen LogP contribution in [-0.4, -0.2) is 54.6 Å². The zero-order valence-corrected chi connectivity index (χ0v) is 13.6. The van der Waals surface area contributed by atoms with E-state index in [9.17, 15) is 9.59 Å². The third-order valence-corrected chi connectivity index (χ3v) is 4.15. The fourth-order valence-electron chi connectivity index (χ4n) is 2.73. The van der Waals surface area contributed by atoms with Gasteiger partial charge in [0.2, 0.25) is 0 Å². The van der Waals surface area contributed by atoms with Crippen molar-refractivity contribution in [2.45, 2.75) is 6.92 Å². The van der Waals surface area contributed by atoms with E-state index in [1.807, 2.05) is 17.2 Å². The van der Waals surface area contributed by atoms with Gasteiger partial charge in [-0.05, 0) is 19.1 Å². The number of carbonyl (C=O) groups is 2. The summed E-state index contributed by atoms with van der Waals surface area (Å²) in [6, 6.07) is 5.36. The molecule has 2 aliphatic rings. The van der Waals surface area contributed by atoms with Crippen LogP contribution in [0.1, 0.15) is 12.5 Å². The average Bonchev–Trinajstić information content (AvgIpc) is 2.83. The Labute approximate surface area is 139 Å². The molecule has 1 aromatic carbocycles. The fraction of sp³-hybridized carbons (Fsp3) is 0.375. The maximum absolute atomic E-state index is 12.1. The Morgan fingerprint density at radius 1 is 1.35 bits per heavy atom. The van der Waals surface area contributed by atoms with Gasteiger partial charge in [0.1, 0.15) is 0 Å². The number of piperazine rings is 1. The molecular formula is C16H18ClN3O3. The van der Waals surface area contributed by atoms with Gasteiger partial charge in [0.15, 0.2) is 0 Å². The predicted molar refractivity (Wildman–Crippen MR) is 88.2 cm³/mol. The molecule has 0 radical (unpaired) electrons. The van der Waals surface area contributed by atoms with Gasteiger partial charge in [0.05, 0.1) is 17.9 Å². The van der Waals surface area contributed by atoms with Gasteiger partial charge >= 0.3 is 6.09 Å². The molecule has 0 aliphatic carbocycles. The summed E-state index contributed by atoms with van der Waals surface area (Å²) in [4.78, 5) is 27.6. The van der Waals surface area contributed by atoms with E-state index in [4.69, 9.17) is 16.3 Å². The summed E-state index contributed by atoms with van der Waals surface area (Å²) in [7, 11) is 0. The molecule has 0 saturated carbocycles. The van der Waals surface area contributed by atoms with Crippen molar-refractivity contribution in [2.75, 3.05) is 38.1 Å². The van der Waals surface area contributed by atoms with Crippen molar-refractivity contribution in [2.24, 2.45) is 0 Å². The van der Waals surface area contributed by atoms with Crippen LogP contribution in [0.25, 0.3) is 5.57 Å². The summed E-state index contributed by atoms with van der Waals surface area (Å²) in [5, 5.41) is 3.41. The van der Waals surface area contributed by atoms with Gasteiger partial charge in [-0.1, -0.05) is 17.7 Å². The third kappa shape index (κ3) is 3.27. The van der Waals surface area contributed by atoms with Crippen LogP contribution in [0, 0.1) is 0 Å². The van der Waals surface area contributed by atoms with Crippen molar-refractivity contribution in [3.63, 3.8) is 0 Å². The number of hydrogen-bond acceptors (Lipinski definition) is 4. The molecule has 0 atom stereocenters. The van der Waals surface area contributed by atoms with Gasteiger partial charge < -0.3 is 19.9 Å². The molecule has 2 heterocycles. The average molecular weight is 336 g/mol. The molecule has 1 N–H and O–H groups in total. The summed E-state index contributed by atoms with van der Waals surface area (Å²) in [6.07, 6.45) is 1.58. The SMILES string of the molecule is CCOC(=O)N1CCN(/C=C2/C(=O)Nc3cc(Cl)ccc32)CC1. The summed E-state index contributed by atoms with van der Waals surface area (Å²) < 4.78 is 5.00. The van der Waals surface area contributed by atoms with Crippen LogP contribution in [0.3, 0.4) is 0 Å². The second-order valence-corrected chi connectivity index (χ2v) is 5.85. The first-order valence-electron chi connectivity index (χ1n) is 7.57. The van der Waals surface area contributed by atoms with Gasteiger partial charge in [-0.15, -0.1) is 0 Å². The van der Waals surface area contributed by atoms with Crippen LogP contribution >= 0.6 is 11.6 Å². The summed E-state index contributed by atoms with van der Waals surface area (Å²) >= 11 is 5.95.